The van der Waals surface area contributed by atoms with E-state index in [0.717, 1.165) is 16.7 Å². The minimum atomic E-state index is -0.282. The Kier molecular flexibility index (Phi) is 5.58. The molecule has 2 rings (SSSR count). The van der Waals surface area contributed by atoms with Crippen LogP contribution in [0.1, 0.15) is 27.0 Å². The number of nitrogens with one attached hydrogen (secondary N) is 2. The second-order valence-electron chi connectivity index (χ2n) is 5.65. The van der Waals surface area contributed by atoms with Gasteiger partial charge in [0, 0.05) is 7.05 Å². The first-order valence-electron chi connectivity index (χ1n) is 7.70. The van der Waals surface area contributed by atoms with Crippen LogP contribution in [0.4, 0.5) is 5.69 Å². The zero-order valence-electron chi connectivity index (χ0n) is 14.4. The van der Waals surface area contributed by atoms with E-state index < -0.39 is 0 Å². The van der Waals surface area contributed by atoms with Crippen molar-refractivity contribution in [3.05, 3.63) is 58.7 Å². The lowest BCUT2D eigenvalue weighted by atomic mass is 10.0. The van der Waals surface area contributed by atoms with Crippen LogP contribution < -0.4 is 15.4 Å². The number of amides is 2. The molecule has 0 radical (unpaired) electrons. The van der Waals surface area contributed by atoms with Crippen LogP contribution in [0.2, 0.25) is 0 Å². The molecule has 24 heavy (non-hydrogen) atoms. The van der Waals surface area contributed by atoms with Crippen LogP contribution in [0, 0.1) is 13.8 Å². The van der Waals surface area contributed by atoms with Gasteiger partial charge in [0.2, 0.25) is 5.91 Å². The lowest BCUT2D eigenvalue weighted by molar-refractivity contribution is -0.115. The van der Waals surface area contributed by atoms with Crippen molar-refractivity contribution in [2.24, 2.45) is 0 Å². The molecule has 0 aromatic heterocycles. The van der Waals surface area contributed by atoms with E-state index in [9.17, 15) is 9.59 Å². The molecule has 2 N–H and O–H groups in total. The summed E-state index contributed by atoms with van der Waals surface area (Å²) >= 11 is 0. The zero-order chi connectivity index (χ0) is 17.7. The average molecular weight is 326 g/mol. The van der Waals surface area contributed by atoms with E-state index in [-0.39, 0.29) is 18.2 Å². The van der Waals surface area contributed by atoms with Crippen molar-refractivity contribution in [2.75, 3.05) is 19.5 Å². The second kappa shape index (κ2) is 7.64. The summed E-state index contributed by atoms with van der Waals surface area (Å²) in [5, 5.41) is 5.38. The van der Waals surface area contributed by atoms with Gasteiger partial charge in [-0.1, -0.05) is 23.8 Å². The Labute approximate surface area is 142 Å². The Bertz CT molecular complexity index is 769. The lowest BCUT2D eigenvalue weighted by Crippen LogP contribution is -2.22. The normalized spacial score (nSPS) is 10.2. The SMILES string of the molecule is CNC(=O)c1cc(OC)ccc1NC(=O)Cc1cc(C)ccc1C. The van der Waals surface area contributed by atoms with Gasteiger partial charge in [0.25, 0.3) is 5.91 Å². The summed E-state index contributed by atoms with van der Waals surface area (Å²) in [7, 11) is 3.07. The highest BCUT2D eigenvalue weighted by atomic mass is 16.5. The van der Waals surface area contributed by atoms with Crippen LogP contribution in [0.15, 0.2) is 36.4 Å². The van der Waals surface area contributed by atoms with Gasteiger partial charge < -0.3 is 15.4 Å². The summed E-state index contributed by atoms with van der Waals surface area (Å²) in [6.07, 6.45) is 0.257. The van der Waals surface area contributed by atoms with Gasteiger partial charge in [0.05, 0.1) is 24.8 Å². The molecule has 0 fully saturated rings. The quantitative estimate of drug-likeness (QED) is 0.888. The van der Waals surface area contributed by atoms with Gasteiger partial charge in [-0.2, -0.15) is 0 Å². The third-order valence-electron chi connectivity index (χ3n) is 3.83. The molecule has 0 aliphatic carbocycles. The molecule has 0 saturated heterocycles. The van der Waals surface area contributed by atoms with Gasteiger partial charge in [0.15, 0.2) is 0 Å². The Balaban J connectivity index is 2.22. The molecule has 0 saturated carbocycles. The Morgan fingerprint density at radius 3 is 2.50 bits per heavy atom. The summed E-state index contributed by atoms with van der Waals surface area (Å²) in [6.45, 7) is 3.97. The second-order valence-corrected chi connectivity index (χ2v) is 5.65. The number of carbonyl (C=O) groups is 2. The van der Waals surface area contributed by atoms with Crippen molar-refractivity contribution in [2.45, 2.75) is 20.3 Å². The number of hydrogen-bond donors (Lipinski definition) is 2. The summed E-state index contributed by atoms with van der Waals surface area (Å²) in [6, 6.07) is 11.0. The zero-order valence-corrected chi connectivity index (χ0v) is 14.4. The number of carbonyl (C=O) groups excluding carboxylic acids is 2. The van der Waals surface area contributed by atoms with Crippen molar-refractivity contribution in [1.82, 2.24) is 5.32 Å². The predicted octanol–water partition coefficient (Wildman–Crippen LogP) is 2.85. The summed E-state index contributed by atoms with van der Waals surface area (Å²) in [5.41, 5.74) is 3.98. The average Bonchev–Trinajstić information content (AvgIpc) is 2.57. The molecule has 0 unspecified atom stereocenters. The Morgan fingerprint density at radius 2 is 1.83 bits per heavy atom. The van der Waals surface area contributed by atoms with E-state index >= 15 is 0 Å². The van der Waals surface area contributed by atoms with Gasteiger partial charge in [-0.3, -0.25) is 9.59 Å². The van der Waals surface area contributed by atoms with Crippen LogP contribution in [0.25, 0.3) is 0 Å². The molecule has 0 heterocycles. The number of anilines is 1. The van der Waals surface area contributed by atoms with Crippen LogP contribution >= 0.6 is 0 Å². The third-order valence-corrected chi connectivity index (χ3v) is 3.83. The topological polar surface area (TPSA) is 67.4 Å². The molecule has 126 valence electrons. The van der Waals surface area contributed by atoms with Crippen molar-refractivity contribution < 1.29 is 14.3 Å². The van der Waals surface area contributed by atoms with Gasteiger partial charge in [-0.05, 0) is 43.2 Å². The number of rotatable bonds is 5. The molecule has 0 spiro atoms. The fourth-order valence-electron chi connectivity index (χ4n) is 2.44. The molecule has 0 aliphatic heterocycles. The lowest BCUT2D eigenvalue weighted by Gasteiger charge is -2.13. The van der Waals surface area contributed by atoms with E-state index in [1.807, 2.05) is 32.0 Å². The number of benzene rings is 2. The number of methoxy groups -OCH3 is 1. The fourth-order valence-corrected chi connectivity index (χ4v) is 2.44. The molecular formula is C19H22N2O3. The number of aryl methyl sites for hydroxylation is 2. The highest BCUT2D eigenvalue weighted by Crippen LogP contribution is 2.22. The standard InChI is InChI=1S/C19H22N2O3/c1-12-5-6-13(2)14(9-12)10-18(22)21-17-8-7-15(24-4)11-16(17)19(23)20-3/h5-9,11H,10H2,1-4H3,(H,20,23)(H,21,22). The predicted molar refractivity (Wildman–Crippen MR) is 94.6 cm³/mol. The van der Waals surface area contributed by atoms with Crippen molar-refractivity contribution >= 4 is 17.5 Å². The third kappa shape index (κ3) is 4.13. The minimum absolute atomic E-state index is 0.168. The Hall–Kier alpha value is -2.82. The molecule has 2 aromatic rings. The number of hydrogen-bond acceptors (Lipinski definition) is 3. The van der Waals surface area contributed by atoms with Crippen molar-refractivity contribution in [1.29, 1.82) is 0 Å². The molecule has 0 atom stereocenters. The highest BCUT2D eigenvalue weighted by Gasteiger charge is 2.14. The molecule has 0 aliphatic rings. The Morgan fingerprint density at radius 1 is 1.08 bits per heavy atom. The van der Waals surface area contributed by atoms with E-state index in [1.54, 1.807) is 25.2 Å². The van der Waals surface area contributed by atoms with E-state index in [1.165, 1.54) is 7.11 Å². The number of ether oxygens (including phenoxy) is 1. The van der Waals surface area contributed by atoms with Gasteiger partial charge in [0.1, 0.15) is 5.75 Å². The summed E-state index contributed by atoms with van der Waals surface area (Å²) in [5.74, 6) is 0.107. The first kappa shape index (κ1) is 17.5. The molecule has 5 nitrogen and oxygen atoms in total. The van der Waals surface area contributed by atoms with E-state index in [4.69, 9.17) is 4.74 Å². The molecule has 2 amide bonds. The van der Waals surface area contributed by atoms with E-state index in [0.29, 0.717) is 17.0 Å². The largest absolute Gasteiger partial charge is 0.497 e. The monoisotopic (exact) mass is 326 g/mol. The van der Waals surface area contributed by atoms with Crippen molar-refractivity contribution in [3.63, 3.8) is 0 Å². The fraction of sp³-hybridized carbons (Fsp3) is 0.263. The highest BCUT2D eigenvalue weighted by molar-refractivity contribution is 6.04. The van der Waals surface area contributed by atoms with Crippen molar-refractivity contribution in [3.8, 4) is 5.75 Å². The van der Waals surface area contributed by atoms with Crippen LogP contribution in [0.5, 0.6) is 5.75 Å². The first-order chi connectivity index (χ1) is 11.4. The smallest absolute Gasteiger partial charge is 0.253 e. The molecular weight excluding hydrogens is 304 g/mol. The van der Waals surface area contributed by atoms with Crippen LogP contribution in [-0.2, 0) is 11.2 Å². The van der Waals surface area contributed by atoms with Gasteiger partial charge in [-0.25, -0.2) is 0 Å². The van der Waals surface area contributed by atoms with Crippen LogP contribution in [-0.4, -0.2) is 26.0 Å². The minimum Gasteiger partial charge on any atom is -0.497 e. The molecule has 5 heteroatoms. The maximum Gasteiger partial charge on any atom is 0.253 e. The van der Waals surface area contributed by atoms with E-state index in [2.05, 4.69) is 10.6 Å². The van der Waals surface area contributed by atoms with Gasteiger partial charge >= 0.3 is 0 Å². The molecule has 0 bridgehead atoms. The first-order valence-corrected chi connectivity index (χ1v) is 7.70. The summed E-state index contributed by atoms with van der Waals surface area (Å²) in [4.78, 5) is 24.4. The maximum atomic E-state index is 12.4. The summed E-state index contributed by atoms with van der Waals surface area (Å²) < 4.78 is 5.14. The maximum absolute atomic E-state index is 12.4. The van der Waals surface area contributed by atoms with Crippen LogP contribution in [0.3, 0.4) is 0 Å². The van der Waals surface area contributed by atoms with Gasteiger partial charge in [-0.15, -0.1) is 0 Å². The molecule has 2 aromatic carbocycles.